The van der Waals surface area contributed by atoms with Crippen molar-refractivity contribution >= 4 is 0 Å². The lowest BCUT2D eigenvalue weighted by Gasteiger charge is -2.53. The van der Waals surface area contributed by atoms with Gasteiger partial charge < -0.3 is 9.47 Å². The van der Waals surface area contributed by atoms with Crippen LogP contribution in [0.15, 0.2) is 24.3 Å². The molecule has 0 amide bonds. The lowest BCUT2D eigenvalue weighted by atomic mass is 9.56. The fourth-order valence-electron chi connectivity index (χ4n) is 4.65. The molecule has 3 fully saturated rings. The van der Waals surface area contributed by atoms with E-state index in [4.69, 9.17) is 9.47 Å². The summed E-state index contributed by atoms with van der Waals surface area (Å²) in [5.74, 6) is 0. The number of fused-ring (bicyclic) bond motifs is 3. The second kappa shape index (κ2) is 8.68. The highest BCUT2D eigenvalue weighted by molar-refractivity contribution is 5.31. The Morgan fingerprint density at radius 2 is 1.40 bits per heavy atom. The smallest absolute Gasteiger partial charge is 0.0683 e. The molecule has 1 aromatic rings. The monoisotopic (exact) mass is 344 g/mol. The van der Waals surface area contributed by atoms with Crippen LogP contribution in [0.4, 0.5) is 0 Å². The van der Waals surface area contributed by atoms with Crippen LogP contribution in [0.2, 0.25) is 0 Å². The summed E-state index contributed by atoms with van der Waals surface area (Å²) in [5, 5.41) is 0. The summed E-state index contributed by atoms with van der Waals surface area (Å²) in [5.41, 5.74) is 3.56. The maximum atomic E-state index is 6.43. The van der Waals surface area contributed by atoms with Crippen molar-refractivity contribution in [3.05, 3.63) is 35.4 Å². The van der Waals surface area contributed by atoms with Crippen LogP contribution in [0.25, 0.3) is 0 Å². The Morgan fingerprint density at radius 1 is 0.800 bits per heavy atom. The van der Waals surface area contributed by atoms with Crippen LogP contribution in [-0.4, -0.2) is 25.4 Å². The molecule has 1 aromatic carbocycles. The van der Waals surface area contributed by atoms with Crippen molar-refractivity contribution in [3.8, 4) is 0 Å². The minimum Gasteiger partial charge on any atom is -0.381 e. The van der Waals surface area contributed by atoms with Crippen LogP contribution in [-0.2, 0) is 14.9 Å². The minimum atomic E-state index is 0.190. The van der Waals surface area contributed by atoms with Crippen molar-refractivity contribution in [2.75, 3.05) is 19.8 Å². The van der Waals surface area contributed by atoms with Gasteiger partial charge in [0.1, 0.15) is 0 Å². The van der Waals surface area contributed by atoms with E-state index in [1.165, 1.54) is 56.9 Å². The summed E-state index contributed by atoms with van der Waals surface area (Å²) in [6.45, 7) is 7.11. The van der Waals surface area contributed by atoms with Gasteiger partial charge in [0.15, 0.2) is 0 Å². The van der Waals surface area contributed by atoms with E-state index in [1.807, 2.05) is 0 Å². The quantitative estimate of drug-likeness (QED) is 0.488. The lowest BCUT2D eigenvalue weighted by molar-refractivity contribution is -0.120. The van der Waals surface area contributed by atoms with Crippen molar-refractivity contribution in [2.45, 2.75) is 89.1 Å². The lowest BCUT2D eigenvalue weighted by Crippen LogP contribution is -2.49. The van der Waals surface area contributed by atoms with E-state index in [-0.39, 0.29) is 5.60 Å². The van der Waals surface area contributed by atoms with Crippen molar-refractivity contribution < 1.29 is 9.47 Å². The topological polar surface area (TPSA) is 18.5 Å². The molecule has 2 heteroatoms. The first-order chi connectivity index (χ1) is 12.2. The number of hydrogen-bond donors (Lipinski definition) is 0. The predicted octanol–water partition coefficient (Wildman–Crippen LogP) is 5.95. The van der Waals surface area contributed by atoms with Crippen LogP contribution < -0.4 is 0 Å². The first-order valence-corrected chi connectivity index (χ1v) is 10.5. The molecular formula is C23H36O2. The molecule has 0 saturated heterocycles. The highest BCUT2D eigenvalue weighted by atomic mass is 16.5. The molecule has 0 aliphatic heterocycles. The van der Waals surface area contributed by atoms with Gasteiger partial charge in [0.05, 0.1) is 5.60 Å². The van der Waals surface area contributed by atoms with E-state index < -0.39 is 0 Å². The van der Waals surface area contributed by atoms with E-state index in [2.05, 4.69) is 38.1 Å². The fraction of sp³-hybridized carbons (Fsp3) is 0.739. The standard InChI is InChI=1S/C23H36O2/c1-3-4-17-24-18-5-6-19-25-23-14-11-22(12-15-23,13-16-23)21-9-7-20(2)8-10-21/h7-10H,3-6,11-19H2,1-2H3. The van der Waals surface area contributed by atoms with Gasteiger partial charge in [-0.2, -0.15) is 0 Å². The Balaban J connectivity index is 1.40. The Labute approximate surface area is 154 Å². The van der Waals surface area contributed by atoms with Crippen LogP contribution in [0.3, 0.4) is 0 Å². The molecular weight excluding hydrogens is 308 g/mol. The highest BCUT2D eigenvalue weighted by Gasteiger charge is 2.49. The highest BCUT2D eigenvalue weighted by Crippen LogP contribution is 2.55. The van der Waals surface area contributed by atoms with Crippen LogP contribution in [0.1, 0.15) is 82.3 Å². The SMILES string of the molecule is CCCCOCCCCOC12CCC(c3ccc(C)cc3)(CC1)CC2. The largest absolute Gasteiger partial charge is 0.381 e. The van der Waals surface area contributed by atoms with Crippen LogP contribution in [0.5, 0.6) is 0 Å². The summed E-state index contributed by atoms with van der Waals surface area (Å²) in [4.78, 5) is 0. The molecule has 3 saturated carbocycles. The van der Waals surface area contributed by atoms with Gasteiger partial charge in [-0.3, -0.25) is 0 Å². The van der Waals surface area contributed by atoms with Crippen molar-refractivity contribution in [2.24, 2.45) is 0 Å². The average molecular weight is 345 g/mol. The van der Waals surface area contributed by atoms with Gasteiger partial charge in [0.25, 0.3) is 0 Å². The number of benzene rings is 1. The maximum absolute atomic E-state index is 6.43. The molecule has 0 heterocycles. The van der Waals surface area contributed by atoms with Gasteiger partial charge in [-0.05, 0) is 75.7 Å². The molecule has 140 valence electrons. The van der Waals surface area contributed by atoms with Gasteiger partial charge in [0, 0.05) is 19.8 Å². The molecule has 0 unspecified atom stereocenters. The summed E-state index contributed by atoms with van der Waals surface area (Å²) in [7, 11) is 0. The van der Waals surface area contributed by atoms with Crippen molar-refractivity contribution in [1.82, 2.24) is 0 Å². The molecule has 2 bridgehead atoms. The molecule has 3 aliphatic rings. The summed E-state index contributed by atoms with van der Waals surface area (Å²) in [6, 6.07) is 9.29. The zero-order valence-corrected chi connectivity index (χ0v) is 16.3. The summed E-state index contributed by atoms with van der Waals surface area (Å²) in [6.07, 6.45) is 12.3. The first kappa shape index (κ1) is 18.9. The molecule has 2 nitrogen and oxygen atoms in total. The number of rotatable bonds is 10. The zero-order chi connectivity index (χ0) is 17.6. The Morgan fingerprint density at radius 3 is 2.04 bits per heavy atom. The van der Waals surface area contributed by atoms with E-state index in [0.29, 0.717) is 5.41 Å². The van der Waals surface area contributed by atoms with Gasteiger partial charge in [-0.25, -0.2) is 0 Å². The Bertz CT molecular complexity index is 495. The molecule has 3 aliphatic carbocycles. The van der Waals surface area contributed by atoms with Gasteiger partial charge in [0.2, 0.25) is 0 Å². The van der Waals surface area contributed by atoms with Crippen molar-refractivity contribution in [1.29, 1.82) is 0 Å². The molecule has 0 N–H and O–H groups in total. The molecule has 25 heavy (non-hydrogen) atoms. The van der Waals surface area contributed by atoms with Crippen LogP contribution >= 0.6 is 0 Å². The number of unbranched alkanes of at least 4 members (excludes halogenated alkanes) is 2. The minimum absolute atomic E-state index is 0.190. The fourth-order valence-corrected chi connectivity index (χ4v) is 4.65. The van der Waals surface area contributed by atoms with Crippen LogP contribution in [0, 0.1) is 6.92 Å². The average Bonchev–Trinajstić information content (AvgIpc) is 2.66. The second-order valence-corrected chi connectivity index (χ2v) is 8.35. The third-order valence-electron chi connectivity index (χ3n) is 6.57. The van der Waals surface area contributed by atoms with E-state index in [9.17, 15) is 0 Å². The van der Waals surface area contributed by atoms with E-state index >= 15 is 0 Å². The Hall–Kier alpha value is -0.860. The van der Waals surface area contributed by atoms with Gasteiger partial charge in [-0.15, -0.1) is 0 Å². The zero-order valence-electron chi connectivity index (χ0n) is 16.3. The molecule has 0 radical (unpaired) electrons. The second-order valence-electron chi connectivity index (χ2n) is 8.35. The van der Waals surface area contributed by atoms with Gasteiger partial charge in [-0.1, -0.05) is 43.2 Å². The van der Waals surface area contributed by atoms with Crippen molar-refractivity contribution in [3.63, 3.8) is 0 Å². The first-order valence-electron chi connectivity index (χ1n) is 10.5. The molecule has 4 rings (SSSR count). The molecule has 0 spiro atoms. The normalized spacial score (nSPS) is 28.4. The molecule has 0 aromatic heterocycles. The number of hydrogen-bond acceptors (Lipinski definition) is 2. The number of ether oxygens (including phenoxy) is 2. The number of aryl methyl sites for hydroxylation is 1. The third kappa shape index (κ3) is 4.65. The third-order valence-corrected chi connectivity index (χ3v) is 6.57. The summed E-state index contributed by atoms with van der Waals surface area (Å²) >= 11 is 0. The Kier molecular flexibility index (Phi) is 6.57. The maximum Gasteiger partial charge on any atom is 0.0683 e. The van der Waals surface area contributed by atoms with E-state index in [0.717, 1.165) is 32.7 Å². The van der Waals surface area contributed by atoms with E-state index in [1.54, 1.807) is 5.56 Å². The summed E-state index contributed by atoms with van der Waals surface area (Å²) < 4.78 is 12.1. The molecule has 0 atom stereocenters. The van der Waals surface area contributed by atoms with Gasteiger partial charge >= 0.3 is 0 Å². The predicted molar refractivity (Wildman–Crippen MR) is 104 cm³/mol.